The van der Waals surface area contributed by atoms with Crippen molar-refractivity contribution in [1.29, 1.82) is 0 Å². The van der Waals surface area contributed by atoms with Gasteiger partial charge in [0, 0.05) is 32.2 Å². The average Bonchev–Trinajstić information content (AvgIpc) is 2.74. The maximum absolute atomic E-state index is 12.7. The summed E-state index contributed by atoms with van der Waals surface area (Å²) in [5.74, 6) is 0.535. The van der Waals surface area contributed by atoms with Gasteiger partial charge in [0.05, 0.1) is 18.6 Å². The lowest BCUT2D eigenvalue weighted by atomic mass is 10.3. The molecule has 1 aliphatic heterocycles. The molecular weight excluding hydrogens is 292 g/mol. The van der Waals surface area contributed by atoms with E-state index < -0.39 is 10.0 Å². The molecule has 0 amide bonds. The summed E-state index contributed by atoms with van der Waals surface area (Å²) in [5, 5.41) is 8.98. The summed E-state index contributed by atoms with van der Waals surface area (Å²) in [4.78, 5) is 2.35. The molecule has 0 radical (unpaired) electrons. The molecule has 21 heavy (non-hydrogen) atoms. The summed E-state index contributed by atoms with van der Waals surface area (Å²) < 4.78 is 32.0. The van der Waals surface area contributed by atoms with Crippen molar-refractivity contribution in [2.24, 2.45) is 0 Å². The first-order valence-corrected chi connectivity index (χ1v) is 8.49. The van der Waals surface area contributed by atoms with E-state index in [0.717, 1.165) is 13.0 Å². The Balaban J connectivity index is 2.15. The van der Waals surface area contributed by atoms with Crippen molar-refractivity contribution < 1.29 is 18.3 Å². The third kappa shape index (κ3) is 3.94. The van der Waals surface area contributed by atoms with Crippen LogP contribution in [0.15, 0.2) is 29.2 Å². The minimum atomic E-state index is -3.49. The number of rotatable bonds is 5. The smallest absolute Gasteiger partial charge is 0.243 e. The molecule has 2 rings (SSSR count). The van der Waals surface area contributed by atoms with Gasteiger partial charge in [0.25, 0.3) is 0 Å². The van der Waals surface area contributed by atoms with Gasteiger partial charge < -0.3 is 9.84 Å². The molecule has 1 aromatic carbocycles. The first kappa shape index (κ1) is 16.2. The number of hydrogen-bond donors (Lipinski definition) is 1. The van der Waals surface area contributed by atoms with Gasteiger partial charge in [-0.05, 0) is 25.1 Å². The molecule has 1 fully saturated rings. The van der Waals surface area contributed by atoms with Crippen LogP contribution in [-0.4, -0.2) is 69.2 Å². The minimum Gasteiger partial charge on any atom is -0.497 e. The zero-order valence-electron chi connectivity index (χ0n) is 12.2. The highest BCUT2D eigenvalue weighted by atomic mass is 32.2. The van der Waals surface area contributed by atoms with E-state index in [1.807, 2.05) is 0 Å². The van der Waals surface area contributed by atoms with Crippen LogP contribution in [0.2, 0.25) is 0 Å². The van der Waals surface area contributed by atoms with E-state index in [1.165, 1.54) is 11.4 Å². The predicted octanol–water partition coefficient (Wildman–Crippen LogP) is 0.384. The second kappa shape index (κ2) is 7.22. The van der Waals surface area contributed by atoms with Crippen LogP contribution in [0.5, 0.6) is 5.75 Å². The van der Waals surface area contributed by atoms with Crippen molar-refractivity contribution in [3.63, 3.8) is 0 Å². The second-order valence-corrected chi connectivity index (χ2v) is 6.94. The fourth-order valence-corrected chi connectivity index (χ4v) is 3.97. The minimum absolute atomic E-state index is 0.0998. The molecule has 0 bridgehead atoms. The Labute approximate surface area is 126 Å². The fraction of sp³-hybridized carbons (Fsp3) is 0.571. The van der Waals surface area contributed by atoms with Gasteiger partial charge in [-0.1, -0.05) is 6.07 Å². The van der Waals surface area contributed by atoms with E-state index in [2.05, 4.69) is 4.90 Å². The number of ether oxygens (including phenoxy) is 1. The highest BCUT2D eigenvalue weighted by Crippen LogP contribution is 2.21. The summed E-state index contributed by atoms with van der Waals surface area (Å²) in [7, 11) is -1.97. The summed E-state index contributed by atoms with van der Waals surface area (Å²) in [6.45, 7) is 3.09. The van der Waals surface area contributed by atoms with Crippen LogP contribution in [-0.2, 0) is 10.0 Å². The lowest BCUT2D eigenvalue weighted by Crippen LogP contribution is -2.35. The van der Waals surface area contributed by atoms with Crippen LogP contribution in [0, 0.1) is 0 Å². The monoisotopic (exact) mass is 314 g/mol. The zero-order chi connectivity index (χ0) is 15.3. The number of aliphatic hydroxyl groups is 1. The number of β-amino-alcohol motifs (C(OH)–C–C–N with tert-alkyl or cyclic N) is 1. The number of aliphatic hydroxyl groups excluding tert-OH is 1. The van der Waals surface area contributed by atoms with Gasteiger partial charge in [-0.2, -0.15) is 4.31 Å². The Morgan fingerprint density at radius 3 is 2.76 bits per heavy atom. The van der Waals surface area contributed by atoms with E-state index in [1.54, 1.807) is 24.3 Å². The molecule has 1 heterocycles. The first-order valence-electron chi connectivity index (χ1n) is 7.05. The molecule has 0 saturated carbocycles. The van der Waals surface area contributed by atoms with Crippen LogP contribution in [0.25, 0.3) is 0 Å². The van der Waals surface area contributed by atoms with Gasteiger partial charge >= 0.3 is 0 Å². The second-order valence-electron chi connectivity index (χ2n) is 5.00. The number of sulfonamides is 1. The predicted molar refractivity (Wildman–Crippen MR) is 79.9 cm³/mol. The molecule has 1 N–H and O–H groups in total. The largest absolute Gasteiger partial charge is 0.497 e. The Morgan fingerprint density at radius 2 is 2.05 bits per heavy atom. The molecule has 0 aromatic heterocycles. The summed E-state index contributed by atoms with van der Waals surface area (Å²) in [6.07, 6.45) is 0.767. The maximum Gasteiger partial charge on any atom is 0.243 e. The number of hydrogen-bond acceptors (Lipinski definition) is 5. The zero-order valence-corrected chi connectivity index (χ0v) is 13.1. The number of nitrogens with zero attached hydrogens (tertiary/aromatic N) is 2. The van der Waals surface area contributed by atoms with Crippen molar-refractivity contribution >= 4 is 10.0 Å². The quantitative estimate of drug-likeness (QED) is 0.851. The molecule has 118 valence electrons. The maximum atomic E-state index is 12.7. The molecule has 1 aromatic rings. The van der Waals surface area contributed by atoms with Gasteiger partial charge in [-0.3, -0.25) is 4.90 Å². The molecule has 7 heteroatoms. The number of benzene rings is 1. The third-order valence-electron chi connectivity index (χ3n) is 3.64. The van der Waals surface area contributed by atoms with Crippen LogP contribution in [0.4, 0.5) is 0 Å². The van der Waals surface area contributed by atoms with E-state index in [-0.39, 0.29) is 11.5 Å². The van der Waals surface area contributed by atoms with Gasteiger partial charge in [0.1, 0.15) is 5.75 Å². The summed E-state index contributed by atoms with van der Waals surface area (Å²) in [6, 6.07) is 6.55. The van der Waals surface area contributed by atoms with E-state index >= 15 is 0 Å². The standard InChI is InChI=1S/C14H22N2O4S/c1-20-13-4-2-5-14(12-13)21(18,19)16-7-3-6-15(8-9-16)10-11-17/h2,4-5,12,17H,3,6-11H2,1H3. The molecule has 0 unspecified atom stereocenters. The van der Waals surface area contributed by atoms with Crippen molar-refractivity contribution in [2.45, 2.75) is 11.3 Å². The van der Waals surface area contributed by atoms with Crippen molar-refractivity contribution in [3.8, 4) is 5.75 Å². The Morgan fingerprint density at radius 1 is 1.24 bits per heavy atom. The lowest BCUT2D eigenvalue weighted by molar-refractivity contribution is 0.202. The van der Waals surface area contributed by atoms with Crippen LogP contribution in [0.3, 0.4) is 0 Å². The van der Waals surface area contributed by atoms with Gasteiger partial charge in [0.2, 0.25) is 10.0 Å². The van der Waals surface area contributed by atoms with Crippen molar-refractivity contribution in [2.75, 3.05) is 46.4 Å². The molecule has 6 nitrogen and oxygen atoms in total. The average molecular weight is 314 g/mol. The molecule has 0 spiro atoms. The number of methoxy groups -OCH3 is 1. The summed E-state index contributed by atoms with van der Waals surface area (Å²) >= 11 is 0. The Hall–Kier alpha value is -1.15. The third-order valence-corrected chi connectivity index (χ3v) is 5.54. The van der Waals surface area contributed by atoms with Crippen molar-refractivity contribution in [1.82, 2.24) is 9.21 Å². The molecule has 0 aliphatic carbocycles. The Kier molecular flexibility index (Phi) is 5.58. The first-order chi connectivity index (χ1) is 10.1. The topological polar surface area (TPSA) is 70.1 Å². The van der Waals surface area contributed by atoms with Gasteiger partial charge in [0.15, 0.2) is 0 Å². The van der Waals surface area contributed by atoms with E-state index in [0.29, 0.717) is 31.9 Å². The molecule has 1 aliphatic rings. The lowest BCUT2D eigenvalue weighted by Gasteiger charge is -2.21. The van der Waals surface area contributed by atoms with E-state index in [4.69, 9.17) is 9.84 Å². The van der Waals surface area contributed by atoms with Gasteiger partial charge in [-0.15, -0.1) is 0 Å². The Bertz CT molecular complexity index is 562. The van der Waals surface area contributed by atoms with Crippen LogP contribution in [0.1, 0.15) is 6.42 Å². The van der Waals surface area contributed by atoms with Crippen LogP contribution >= 0.6 is 0 Å². The van der Waals surface area contributed by atoms with Crippen LogP contribution < -0.4 is 4.74 Å². The van der Waals surface area contributed by atoms with Crippen molar-refractivity contribution in [3.05, 3.63) is 24.3 Å². The van der Waals surface area contributed by atoms with Gasteiger partial charge in [-0.25, -0.2) is 8.42 Å². The molecule has 0 atom stereocenters. The highest BCUT2D eigenvalue weighted by molar-refractivity contribution is 7.89. The summed E-state index contributed by atoms with van der Waals surface area (Å²) in [5.41, 5.74) is 0. The SMILES string of the molecule is COc1cccc(S(=O)(=O)N2CCCN(CCO)CC2)c1. The van der Waals surface area contributed by atoms with E-state index in [9.17, 15) is 8.42 Å². The normalized spacial score (nSPS) is 18.4. The molecule has 1 saturated heterocycles. The highest BCUT2D eigenvalue weighted by Gasteiger charge is 2.26. The molecular formula is C14H22N2O4S. The fourth-order valence-electron chi connectivity index (χ4n) is 2.46.